The molecule has 0 aliphatic heterocycles. The van der Waals surface area contributed by atoms with Crippen molar-refractivity contribution < 1.29 is 29.6 Å². The van der Waals surface area contributed by atoms with Crippen molar-refractivity contribution in [2.24, 2.45) is 0 Å². The molecule has 0 saturated heterocycles. The molecule has 5 heteroatoms. The normalized spacial score (nSPS) is 16.8. The molecule has 0 aliphatic rings. The summed E-state index contributed by atoms with van der Waals surface area (Å²) in [6.07, 6.45) is 0. The van der Waals surface area contributed by atoms with Crippen LogP contribution in [0.3, 0.4) is 0 Å². The minimum atomic E-state index is -4.75. The third-order valence-corrected chi connectivity index (χ3v) is 0.377. The molecule has 0 spiro atoms. The van der Waals surface area contributed by atoms with E-state index in [1.54, 1.807) is 0 Å². The van der Waals surface area contributed by atoms with Crippen molar-refractivity contribution in [3.8, 4) is 0 Å². The Morgan fingerprint density at radius 1 is 1.73 bits per heavy atom. The molecule has 0 aliphatic carbocycles. The van der Waals surface area contributed by atoms with Gasteiger partial charge in [0.2, 0.25) is 0 Å². The summed E-state index contributed by atoms with van der Waals surface area (Å²) >= 11 is 0. The first-order valence-corrected chi connectivity index (χ1v) is 2.12. The first kappa shape index (κ1) is 4.79. The van der Waals surface area contributed by atoms with Gasteiger partial charge in [-0.2, -0.15) is 13.2 Å². The Labute approximate surface area is 69.7 Å². The Kier molecular flexibility index (Phi) is 3.10. The summed E-state index contributed by atoms with van der Waals surface area (Å²) in [6.45, 7) is -4.25. The molecule has 0 unspecified atom stereocenters. The number of methoxy groups -OCH3 is 1. The molecule has 0 saturated carbocycles. The van der Waals surface area contributed by atoms with Gasteiger partial charge in [-0.15, -0.1) is 0 Å². The molecule has 11 heavy (non-hydrogen) atoms. The molecule has 0 aromatic rings. The molecule has 0 aromatic heterocycles. The van der Waals surface area contributed by atoms with Gasteiger partial charge in [0.15, 0.2) is 0 Å². The van der Waals surface area contributed by atoms with Gasteiger partial charge in [-0.3, -0.25) is 0 Å². The minimum Gasteiger partial charge on any atom is -0.466 e. The third-order valence-electron chi connectivity index (χ3n) is 0.377. The van der Waals surface area contributed by atoms with Gasteiger partial charge in [-0.1, -0.05) is 6.58 Å². The lowest BCUT2D eigenvalue weighted by atomic mass is 10.4. The maximum atomic E-state index is 10.6. The van der Waals surface area contributed by atoms with E-state index in [9.17, 15) is 18.0 Å². The monoisotopic (exact) mass is 175 g/mol. The van der Waals surface area contributed by atoms with Crippen LogP contribution in [-0.2, 0) is 9.53 Å². The van der Waals surface area contributed by atoms with Crippen molar-refractivity contribution in [1.29, 1.82) is 0 Å². The van der Waals surface area contributed by atoms with E-state index in [0.29, 0.717) is 0 Å². The number of hydrogen-bond donors (Lipinski definition) is 0. The third kappa shape index (κ3) is 17.6. The SMILES string of the molecule is [2H]C(F)(F)F.[2H]COC(=O)C(=C)C([2H])([2H])[2H]. The predicted octanol–water partition coefficient (Wildman–Crippen LogP) is 1.91. The van der Waals surface area contributed by atoms with Crippen LogP contribution in [0.2, 0.25) is 0 Å². The van der Waals surface area contributed by atoms with Gasteiger partial charge in [0, 0.05) is 9.69 Å². The maximum absolute atomic E-state index is 10.6. The van der Waals surface area contributed by atoms with Crippen LogP contribution in [0.25, 0.3) is 0 Å². The molecule has 0 bridgehead atoms. The van der Waals surface area contributed by atoms with Crippen LogP contribution in [0.5, 0.6) is 0 Å². The van der Waals surface area contributed by atoms with Crippen molar-refractivity contribution in [1.82, 2.24) is 0 Å². The number of carbonyl (C=O) groups excluding carboxylic acids is 1. The lowest BCUT2D eigenvalue weighted by Gasteiger charge is -1.91. The van der Waals surface area contributed by atoms with Crippen LogP contribution in [0.1, 0.15) is 13.7 Å². The molecule has 0 aromatic carbocycles. The van der Waals surface area contributed by atoms with Gasteiger partial charge < -0.3 is 4.74 Å². The number of hydrogen-bond acceptors (Lipinski definition) is 2. The van der Waals surface area contributed by atoms with E-state index in [1.807, 2.05) is 0 Å². The fourth-order valence-corrected chi connectivity index (χ4v) is 0.0871. The number of halogens is 3. The molecule has 0 fully saturated rings. The smallest absolute Gasteiger partial charge is 0.379 e. The fourth-order valence-electron chi connectivity index (χ4n) is 0.0871. The van der Waals surface area contributed by atoms with E-state index in [4.69, 9.17) is 6.85 Å². The summed E-state index contributed by atoms with van der Waals surface area (Å²) in [7, 11) is -0.589. The second kappa shape index (κ2) is 7.11. The largest absolute Gasteiger partial charge is 0.466 e. The van der Waals surface area contributed by atoms with Crippen molar-refractivity contribution in [3.05, 3.63) is 12.2 Å². The molecule has 0 amide bonds. The Balaban J connectivity index is 0. The van der Waals surface area contributed by atoms with Crippen LogP contribution in [0.15, 0.2) is 12.2 Å². The van der Waals surface area contributed by atoms with E-state index in [1.165, 1.54) is 0 Å². The fraction of sp³-hybridized carbons (Fsp3) is 0.500. The van der Waals surface area contributed by atoms with E-state index < -0.39 is 32.1 Å². The van der Waals surface area contributed by atoms with Crippen molar-refractivity contribution in [3.63, 3.8) is 0 Å². The Morgan fingerprint density at radius 2 is 2.18 bits per heavy atom. The van der Waals surface area contributed by atoms with Crippen molar-refractivity contribution in [2.45, 2.75) is 13.5 Å². The maximum Gasteiger partial charge on any atom is 0.379 e. The zero-order valence-electron chi connectivity index (χ0n) is 10.4. The van der Waals surface area contributed by atoms with E-state index >= 15 is 0 Å². The van der Waals surface area contributed by atoms with Crippen LogP contribution >= 0.6 is 0 Å². The first-order chi connectivity index (χ1) is 6.89. The van der Waals surface area contributed by atoms with Crippen molar-refractivity contribution >= 4 is 5.97 Å². The summed E-state index contributed by atoms with van der Waals surface area (Å²) in [5, 5.41) is 0. The van der Waals surface area contributed by atoms with Crippen molar-refractivity contribution in [2.75, 3.05) is 7.09 Å². The number of carbonyl (C=O) groups is 1. The van der Waals surface area contributed by atoms with Gasteiger partial charge in [0.25, 0.3) is 0 Å². The molecule has 66 valence electrons. The van der Waals surface area contributed by atoms with E-state index in [-0.39, 0.29) is 0 Å². The van der Waals surface area contributed by atoms with Gasteiger partial charge >= 0.3 is 12.6 Å². The van der Waals surface area contributed by atoms with Crippen LogP contribution in [-0.4, -0.2) is 19.7 Å². The quantitative estimate of drug-likeness (QED) is 0.449. The Bertz CT molecular complexity index is 242. The van der Waals surface area contributed by atoms with Gasteiger partial charge in [-0.05, 0) is 6.85 Å². The highest BCUT2D eigenvalue weighted by atomic mass is 19.4. The van der Waals surface area contributed by atoms with E-state index in [2.05, 4.69) is 11.3 Å². The highest BCUT2D eigenvalue weighted by Crippen LogP contribution is 1.87. The van der Waals surface area contributed by atoms with E-state index in [0.717, 1.165) is 0 Å². The number of alkyl halides is 3. The molecular weight excluding hydrogens is 161 g/mol. The van der Waals surface area contributed by atoms with Crippen LogP contribution in [0, 0.1) is 0 Å². The average Bonchev–Trinajstić information content (AvgIpc) is 1.98. The molecule has 0 heterocycles. The predicted molar refractivity (Wildman–Crippen MR) is 33.9 cm³/mol. The van der Waals surface area contributed by atoms with Gasteiger partial charge in [0.1, 0.15) is 1.37 Å². The summed E-state index contributed by atoms with van der Waals surface area (Å²) in [4.78, 5) is 10.6. The van der Waals surface area contributed by atoms with Gasteiger partial charge in [0.05, 0.1) is 8.46 Å². The second-order valence-electron chi connectivity index (χ2n) is 1.12. The summed E-state index contributed by atoms with van der Waals surface area (Å²) in [5.41, 5.74) is -0.593. The van der Waals surface area contributed by atoms with Crippen LogP contribution < -0.4 is 0 Å². The summed E-state index contributed by atoms with van der Waals surface area (Å²) < 4.78 is 65.7. The first-order valence-electron chi connectivity index (χ1n) is 4.82. The average molecular weight is 175 g/mol. The standard InChI is InChI=1S/C5H8O2.CHF3/c1-4(2)5(6)7-3;2-1(3)4/h1H2,2-3H3;1H/i2D3,3D;1D. The Morgan fingerprint density at radius 3 is 2.45 bits per heavy atom. The lowest BCUT2D eigenvalue weighted by Crippen LogP contribution is -1.98. The molecule has 0 radical (unpaired) electrons. The molecule has 2 nitrogen and oxygen atoms in total. The highest BCUT2D eigenvalue weighted by Gasteiger charge is 1.95. The zero-order chi connectivity index (χ0) is 13.6. The number of esters is 1. The molecule has 0 atom stereocenters. The van der Waals surface area contributed by atoms with Gasteiger partial charge in [-0.25, -0.2) is 4.79 Å². The second-order valence-corrected chi connectivity index (χ2v) is 1.12. The number of ether oxygens (including phenoxy) is 1. The molecular formula is C6H9F3O2. The summed E-state index contributed by atoms with van der Waals surface area (Å²) in [5.74, 6) is -1.04. The minimum absolute atomic E-state index is 0.589. The molecule has 0 N–H and O–H groups in total. The Hall–Kier alpha value is -1.00. The van der Waals surface area contributed by atoms with Crippen LogP contribution in [0.4, 0.5) is 13.2 Å². The summed E-state index contributed by atoms with van der Waals surface area (Å²) in [6, 6.07) is 0. The highest BCUT2D eigenvalue weighted by molar-refractivity contribution is 5.86. The zero-order valence-corrected chi connectivity index (χ0v) is 5.36. The molecule has 0 rings (SSSR count). The lowest BCUT2D eigenvalue weighted by molar-refractivity contribution is -0.136. The topological polar surface area (TPSA) is 26.3 Å². The number of rotatable bonds is 1.